The van der Waals surface area contributed by atoms with Crippen molar-refractivity contribution in [2.75, 3.05) is 19.7 Å². The Labute approximate surface area is 82.3 Å². The molecule has 0 spiro atoms. The van der Waals surface area contributed by atoms with Crippen molar-refractivity contribution in [3.05, 3.63) is 0 Å². The van der Waals surface area contributed by atoms with Crippen LogP contribution < -0.4 is 0 Å². The highest BCUT2D eigenvalue weighted by molar-refractivity contribution is 4.67. The monoisotopic (exact) mass is 185 g/mol. The Hall–Kier alpha value is -0.0800. The Morgan fingerprint density at radius 1 is 1.23 bits per heavy atom. The third-order valence-corrected chi connectivity index (χ3v) is 2.76. The summed E-state index contributed by atoms with van der Waals surface area (Å²) in [7, 11) is 0. The molecule has 0 N–H and O–H groups in total. The molecule has 2 heteroatoms. The van der Waals surface area contributed by atoms with E-state index < -0.39 is 0 Å². The van der Waals surface area contributed by atoms with E-state index in [0.29, 0.717) is 6.23 Å². The van der Waals surface area contributed by atoms with Gasteiger partial charge in [0.15, 0.2) is 0 Å². The zero-order valence-corrected chi connectivity index (χ0v) is 9.09. The summed E-state index contributed by atoms with van der Waals surface area (Å²) in [6, 6.07) is 0. The fraction of sp³-hybridized carbons (Fsp3) is 1.00. The summed E-state index contributed by atoms with van der Waals surface area (Å²) < 4.78 is 5.75. The van der Waals surface area contributed by atoms with Crippen LogP contribution in [-0.2, 0) is 4.74 Å². The van der Waals surface area contributed by atoms with Crippen molar-refractivity contribution in [1.82, 2.24) is 4.90 Å². The fourth-order valence-electron chi connectivity index (χ4n) is 1.82. The topological polar surface area (TPSA) is 12.5 Å². The zero-order valence-electron chi connectivity index (χ0n) is 9.09. The second kappa shape index (κ2) is 6.39. The van der Waals surface area contributed by atoms with Crippen molar-refractivity contribution in [2.45, 2.75) is 52.2 Å². The molecule has 2 nitrogen and oxygen atoms in total. The third-order valence-electron chi connectivity index (χ3n) is 2.76. The predicted octanol–water partition coefficient (Wildman–Crippen LogP) is 2.64. The van der Waals surface area contributed by atoms with Gasteiger partial charge in [-0.2, -0.15) is 0 Å². The van der Waals surface area contributed by atoms with Gasteiger partial charge in [-0.1, -0.05) is 19.8 Å². The number of ether oxygens (including phenoxy) is 1. The highest BCUT2D eigenvalue weighted by atomic mass is 16.5. The summed E-state index contributed by atoms with van der Waals surface area (Å²) in [6.07, 6.45) is 6.84. The van der Waals surface area contributed by atoms with Gasteiger partial charge in [-0.15, -0.1) is 0 Å². The Morgan fingerprint density at radius 3 is 2.54 bits per heavy atom. The van der Waals surface area contributed by atoms with E-state index in [1.807, 2.05) is 0 Å². The van der Waals surface area contributed by atoms with Gasteiger partial charge in [0.25, 0.3) is 0 Å². The molecule has 1 atom stereocenters. The van der Waals surface area contributed by atoms with E-state index in [1.54, 1.807) is 0 Å². The summed E-state index contributed by atoms with van der Waals surface area (Å²) in [5, 5.41) is 0. The molecule has 1 aliphatic rings. The highest BCUT2D eigenvalue weighted by Gasteiger charge is 2.17. The van der Waals surface area contributed by atoms with Gasteiger partial charge in [-0.3, -0.25) is 4.90 Å². The number of unbranched alkanes of at least 4 members (excludes halogenated alkanes) is 2. The van der Waals surface area contributed by atoms with Crippen LogP contribution in [0, 0.1) is 0 Å². The predicted molar refractivity (Wildman–Crippen MR) is 55.7 cm³/mol. The molecule has 0 saturated carbocycles. The maximum absolute atomic E-state index is 5.75. The standard InChI is InChI=1S/C11H23NO/c1-3-4-7-10-13-11(2)12-8-5-6-9-12/h11H,3-10H2,1-2H3. The molecule has 13 heavy (non-hydrogen) atoms. The average Bonchev–Trinajstić information content (AvgIpc) is 2.65. The van der Waals surface area contributed by atoms with Gasteiger partial charge in [0, 0.05) is 19.7 Å². The smallest absolute Gasteiger partial charge is 0.107 e. The number of nitrogens with zero attached hydrogens (tertiary/aromatic N) is 1. The molecule has 1 unspecified atom stereocenters. The van der Waals surface area contributed by atoms with Crippen LogP contribution in [0.5, 0.6) is 0 Å². The summed E-state index contributed by atoms with van der Waals surface area (Å²) in [6.45, 7) is 7.80. The van der Waals surface area contributed by atoms with E-state index in [4.69, 9.17) is 4.74 Å². The van der Waals surface area contributed by atoms with Crippen molar-refractivity contribution in [2.24, 2.45) is 0 Å². The van der Waals surface area contributed by atoms with E-state index in [0.717, 1.165) is 6.61 Å². The fourth-order valence-corrected chi connectivity index (χ4v) is 1.82. The number of hydrogen-bond donors (Lipinski definition) is 0. The Balaban J connectivity index is 1.99. The first-order valence-corrected chi connectivity index (χ1v) is 5.70. The van der Waals surface area contributed by atoms with Crippen molar-refractivity contribution < 1.29 is 4.74 Å². The van der Waals surface area contributed by atoms with Crippen LogP contribution in [0.4, 0.5) is 0 Å². The molecule has 1 heterocycles. The van der Waals surface area contributed by atoms with Crippen LogP contribution in [0.2, 0.25) is 0 Å². The molecule has 1 rings (SSSR count). The first kappa shape index (κ1) is 11.0. The summed E-state index contributed by atoms with van der Waals surface area (Å²) in [4.78, 5) is 2.44. The van der Waals surface area contributed by atoms with Crippen LogP contribution in [0.25, 0.3) is 0 Å². The lowest BCUT2D eigenvalue weighted by molar-refractivity contribution is -0.0373. The lowest BCUT2D eigenvalue weighted by Crippen LogP contribution is -2.32. The van der Waals surface area contributed by atoms with Gasteiger partial charge in [0.05, 0.1) is 0 Å². The maximum Gasteiger partial charge on any atom is 0.107 e. The quantitative estimate of drug-likeness (QED) is 0.590. The van der Waals surface area contributed by atoms with Crippen LogP contribution >= 0.6 is 0 Å². The van der Waals surface area contributed by atoms with Crippen LogP contribution in [-0.4, -0.2) is 30.8 Å². The number of likely N-dealkylation sites (tertiary alicyclic amines) is 1. The van der Waals surface area contributed by atoms with Gasteiger partial charge < -0.3 is 4.74 Å². The lowest BCUT2D eigenvalue weighted by atomic mass is 10.3. The molecule has 0 aromatic carbocycles. The normalized spacial score (nSPS) is 20.8. The molecular formula is C11H23NO. The third kappa shape index (κ3) is 4.10. The van der Waals surface area contributed by atoms with E-state index >= 15 is 0 Å². The van der Waals surface area contributed by atoms with E-state index in [9.17, 15) is 0 Å². The summed E-state index contributed by atoms with van der Waals surface area (Å²) in [5.41, 5.74) is 0. The summed E-state index contributed by atoms with van der Waals surface area (Å²) >= 11 is 0. The van der Waals surface area contributed by atoms with Crippen LogP contribution in [0.15, 0.2) is 0 Å². The van der Waals surface area contributed by atoms with E-state index in [1.165, 1.54) is 45.2 Å². The number of rotatable bonds is 6. The van der Waals surface area contributed by atoms with E-state index in [2.05, 4.69) is 18.7 Å². The van der Waals surface area contributed by atoms with Crippen LogP contribution in [0.3, 0.4) is 0 Å². The largest absolute Gasteiger partial charge is 0.363 e. The van der Waals surface area contributed by atoms with Crippen LogP contribution in [0.1, 0.15) is 46.0 Å². The Morgan fingerprint density at radius 2 is 1.92 bits per heavy atom. The second-order valence-electron chi connectivity index (χ2n) is 3.92. The molecule has 0 aromatic rings. The molecule has 0 amide bonds. The van der Waals surface area contributed by atoms with Crippen molar-refractivity contribution in [3.63, 3.8) is 0 Å². The molecule has 0 bridgehead atoms. The van der Waals surface area contributed by atoms with Gasteiger partial charge in [0.1, 0.15) is 6.23 Å². The first-order valence-electron chi connectivity index (χ1n) is 5.70. The molecule has 1 aliphatic heterocycles. The van der Waals surface area contributed by atoms with Gasteiger partial charge in [-0.05, 0) is 26.2 Å². The molecule has 1 fully saturated rings. The Kier molecular flexibility index (Phi) is 5.40. The zero-order chi connectivity index (χ0) is 9.52. The van der Waals surface area contributed by atoms with E-state index in [-0.39, 0.29) is 0 Å². The molecule has 1 saturated heterocycles. The molecule has 0 aliphatic carbocycles. The van der Waals surface area contributed by atoms with Crippen molar-refractivity contribution >= 4 is 0 Å². The van der Waals surface area contributed by atoms with Gasteiger partial charge >= 0.3 is 0 Å². The lowest BCUT2D eigenvalue weighted by Gasteiger charge is -2.23. The Bertz CT molecular complexity index is 121. The molecule has 0 aromatic heterocycles. The molecular weight excluding hydrogens is 162 g/mol. The van der Waals surface area contributed by atoms with Crippen molar-refractivity contribution in [3.8, 4) is 0 Å². The first-order chi connectivity index (χ1) is 6.34. The maximum atomic E-state index is 5.75. The second-order valence-corrected chi connectivity index (χ2v) is 3.92. The average molecular weight is 185 g/mol. The minimum atomic E-state index is 0.347. The molecule has 78 valence electrons. The minimum Gasteiger partial charge on any atom is -0.363 e. The minimum absolute atomic E-state index is 0.347. The van der Waals surface area contributed by atoms with Gasteiger partial charge in [-0.25, -0.2) is 0 Å². The van der Waals surface area contributed by atoms with Gasteiger partial charge in [0.2, 0.25) is 0 Å². The van der Waals surface area contributed by atoms with Crippen molar-refractivity contribution in [1.29, 1.82) is 0 Å². The summed E-state index contributed by atoms with van der Waals surface area (Å²) in [5.74, 6) is 0. The highest BCUT2D eigenvalue weighted by Crippen LogP contribution is 2.12. The molecule has 0 radical (unpaired) electrons. The SMILES string of the molecule is CCCCCOC(C)N1CCCC1. The number of hydrogen-bond acceptors (Lipinski definition) is 2.